The Balaban J connectivity index is 2.43. The summed E-state index contributed by atoms with van der Waals surface area (Å²) < 4.78 is 0. The van der Waals surface area contributed by atoms with Crippen LogP contribution < -0.4 is 16.0 Å². The van der Waals surface area contributed by atoms with Crippen LogP contribution in [0.15, 0.2) is 0 Å². The molecule has 0 aromatic heterocycles. The molecule has 6 nitrogen and oxygen atoms in total. The minimum Gasteiger partial charge on any atom is -0.359 e. The van der Waals surface area contributed by atoms with Crippen LogP contribution in [0.25, 0.3) is 0 Å². The van der Waals surface area contributed by atoms with Gasteiger partial charge in [-0.05, 0) is 6.92 Å². The van der Waals surface area contributed by atoms with Crippen LogP contribution in [-0.2, 0) is 9.59 Å². The summed E-state index contributed by atoms with van der Waals surface area (Å²) in [4.78, 5) is 25.2. The van der Waals surface area contributed by atoms with E-state index in [1.165, 1.54) is 0 Å². The molecule has 0 saturated carbocycles. The first-order chi connectivity index (χ1) is 8.45. The molecular weight excluding hydrogens is 232 g/mol. The Labute approximate surface area is 108 Å². The second kappa shape index (κ2) is 6.70. The summed E-state index contributed by atoms with van der Waals surface area (Å²) in [7, 11) is 3.34. The van der Waals surface area contributed by atoms with Gasteiger partial charge < -0.3 is 20.9 Å². The molecule has 1 aliphatic heterocycles. The van der Waals surface area contributed by atoms with Crippen molar-refractivity contribution < 1.29 is 9.59 Å². The van der Waals surface area contributed by atoms with Crippen molar-refractivity contribution in [2.45, 2.75) is 25.9 Å². The van der Waals surface area contributed by atoms with E-state index in [0.29, 0.717) is 19.1 Å². The molecule has 1 saturated heterocycles. The second-order valence-electron chi connectivity index (χ2n) is 5.00. The first kappa shape index (κ1) is 14.9. The number of amides is 2. The Kier molecular flexibility index (Phi) is 5.55. The van der Waals surface area contributed by atoms with Crippen molar-refractivity contribution in [1.29, 1.82) is 0 Å². The maximum Gasteiger partial charge on any atom is 0.240 e. The molecule has 1 heterocycles. The highest BCUT2D eigenvalue weighted by molar-refractivity contribution is 5.83. The molecule has 2 amide bonds. The maximum atomic E-state index is 12.1. The van der Waals surface area contributed by atoms with E-state index in [1.807, 2.05) is 6.92 Å². The van der Waals surface area contributed by atoms with E-state index in [0.717, 1.165) is 6.54 Å². The molecule has 0 spiro atoms. The minimum absolute atomic E-state index is 0.0325. The van der Waals surface area contributed by atoms with E-state index in [2.05, 4.69) is 22.9 Å². The lowest BCUT2D eigenvalue weighted by atomic mass is 10.1. The molecule has 3 atom stereocenters. The molecule has 18 heavy (non-hydrogen) atoms. The zero-order valence-electron chi connectivity index (χ0n) is 11.6. The maximum absolute atomic E-state index is 12.1. The highest BCUT2D eigenvalue weighted by atomic mass is 16.2. The predicted molar refractivity (Wildman–Crippen MR) is 70.1 cm³/mol. The number of nitrogens with zero attached hydrogens (tertiary/aromatic N) is 1. The van der Waals surface area contributed by atoms with E-state index >= 15 is 0 Å². The summed E-state index contributed by atoms with van der Waals surface area (Å²) in [5.74, 6) is -0.206. The first-order valence-electron chi connectivity index (χ1n) is 6.39. The predicted octanol–water partition coefficient (Wildman–Crippen LogP) is -1.22. The third-order valence-electron chi connectivity index (χ3n) is 3.26. The molecule has 0 radical (unpaired) electrons. The molecule has 0 bridgehead atoms. The van der Waals surface area contributed by atoms with Gasteiger partial charge in [-0.15, -0.1) is 0 Å². The summed E-state index contributed by atoms with van der Waals surface area (Å²) in [6.45, 7) is 5.75. The van der Waals surface area contributed by atoms with Crippen molar-refractivity contribution in [3.8, 4) is 0 Å². The summed E-state index contributed by atoms with van der Waals surface area (Å²) in [5, 5.41) is 9.07. The fraction of sp³-hybridized carbons (Fsp3) is 0.833. The van der Waals surface area contributed by atoms with E-state index in [1.54, 1.807) is 19.0 Å². The normalized spacial score (nSPS) is 25.3. The highest BCUT2D eigenvalue weighted by Gasteiger charge is 2.27. The lowest BCUT2D eigenvalue weighted by Gasteiger charge is -2.31. The number of rotatable bonds is 4. The van der Waals surface area contributed by atoms with Gasteiger partial charge in [0.2, 0.25) is 11.8 Å². The fourth-order valence-electron chi connectivity index (χ4n) is 2.05. The van der Waals surface area contributed by atoms with Crippen molar-refractivity contribution in [2.24, 2.45) is 5.92 Å². The summed E-state index contributed by atoms with van der Waals surface area (Å²) in [5.41, 5.74) is 0. The van der Waals surface area contributed by atoms with Crippen molar-refractivity contribution in [3.63, 3.8) is 0 Å². The summed E-state index contributed by atoms with van der Waals surface area (Å²) in [6, 6.07) is 0.201. The Morgan fingerprint density at radius 3 is 2.56 bits per heavy atom. The molecule has 0 aromatic carbocycles. The fourth-order valence-corrected chi connectivity index (χ4v) is 2.05. The van der Waals surface area contributed by atoms with Crippen LogP contribution in [-0.4, -0.2) is 62.5 Å². The Morgan fingerprint density at radius 1 is 1.39 bits per heavy atom. The number of carbonyl (C=O) groups excluding carboxylic acids is 2. The standard InChI is InChI=1S/C12H24N4O2/c1-8(11(17)13-3)7-16(4)12(18)10-6-14-9(2)5-15-10/h8-10,14-15H,5-7H2,1-4H3,(H,13,17). The summed E-state index contributed by atoms with van der Waals surface area (Å²) >= 11 is 0. The SMILES string of the molecule is CNC(=O)C(C)CN(C)C(=O)C1CNC(C)CN1. The van der Waals surface area contributed by atoms with E-state index < -0.39 is 0 Å². The monoisotopic (exact) mass is 256 g/mol. The molecule has 1 rings (SSSR count). The van der Waals surface area contributed by atoms with Crippen molar-refractivity contribution in [2.75, 3.05) is 33.7 Å². The molecular formula is C12H24N4O2. The molecule has 0 aliphatic carbocycles. The van der Waals surface area contributed by atoms with Gasteiger partial charge in [-0.25, -0.2) is 0 Å². The van der Waals surface area contributed by atoms with Gasteiger partial charge >= 0.3 is 0 Å². The molecule has 1 aliphatic rings. The van der Waals surface area contributed by atoms with E-state index in [-0.39, 0.29) is 23.8 Å². The first-order valence-corrected chi connectivity index (χ1v) is 6.39. The van der Waals surface area contributed by atoms with Gasteiger partial charge in [-0.1, -0.05) is 6.92 Å². The van der Waals surface area contributed by atoms with Gasteiger partial charge in [0.1, 0.15) is 0 Å². The van der Waals surface area contributed by atoms with Crippen LogP contribution in [0.2, 0.25) is 0 Å². The van der Waals surface area contributed by atoms with Gasteiger partial charge in [0, 0.05) is 39.8 Å². The molecule has 0 aromatic rings. The van der Waals surface area contributed by atoms with Gasteiger partial charge in [0.15, 0.2) is 0 Å². The van der Waals surface area contributed by atoms with Crippen LogP contribution in [0.1, 0.15) is 13.8 Å². The van der Waals surface area contributed by atoms with Crippen LogP contribution in [0.5, 0.6) is 0 Å². The molecule has 104 valence electrons. The van der Waals surface area contributed by atoms with Crippen molar-refractivity contribution >= 4 is 11.8 Å². The van der Waals surface area contributed by atoms with Gasteiger partial charge in [-0.2, -0.15) is 0 Å². The number of hydrogen-bond donors (Lipinski definition) is 3. The number of piperazine rings is 1. The van der Waals surface area contributed by atoms with Crippen LogP contribution in [0.3, 0.4) is 0 Å². The Morgan fingerprint density at radius 2 is 2.06 bits per heavy atom. The lowest BCUT2D eigenvalue weighted by molar-refractivity contribution is -0.134. The van der Waals surface area contributed by atoms with E-state index in [4.69, 9.17) is 0 Å². The average Bonchev–Trinajstić information content (AvgIpc) is 2.37. The number of likely N-dealkylation sites (N-methyl/N-ethyl adjacent to an activating group) is 1. The average molecular weight is 256 g/mol. The Hall–Kier alpha value is -1.14. The van der Waals surface area contributed by atoms with Gasteiger partial charge in [0.05, 0.1) is 12.0 Å². The number of hydrogen-bond acceptors (Lipinski definition) is 4. The molecule has 3 N–H and O–H groups in total. The smallest absolute Gasteiger partial charge is 0.240 e. The highest BCUT2D eigenvalue weighted by Crippen LogP contribution is 2.02. The third kappa shape index (κ3) is 3.96. The molecule has 6 heteroatoms. The van der Waals surface area contributed by atoms with Gasteiger partial charge in [0.25, 0.3) is 0 Å². The lowest BCUT2D eigenvalue weighted by Crippen LogP contribution is -2.59. The van der Waals surface area contributed by atoms with Crippen LogP contribution in [0, 0.1) is 5.92 Å². The quantitative estimate of drug-likeness (QED) is 0.589. The Bertz CT molecular complexity index is 300. The number of carbonyl (C=O) groups is 2. The zero-order chi connectivity index (χ0) is 13.7. The number of nitrogens with one attached hydrogen (secondary N) is 3. The van der Waals surface area contributed by atoms with Crippen LogP contribution >= 0.6 is 0 Å². The molecule has 3 unspecified atom stereocenters. The minimum atomic E-state index is -0.195. The van der Waals surface area contributed by atoms with E-state index in [9.17, 15) is 9.59 Å². The summed E-state index contributed by atoms with van der Waals surface area (Å²) in [6.07, 6.45) is 0. The molecule has 1 fully saturated rings. The second-order valence-corrected chi connectivity index (χ2v) is 5.00. The van der Waals surface area contributed by atoms with Crippen molar-refractivity contribution in [3.05, 3.63) is 0 Å². The largest absolute Gasteiger partial charge is 0.359 e. The van der Waals surface area contributed by atoms with Crippen LogP contribution in [0.4, 0.5) is 0 Å². The zero-order valence-corrected chi connectivity index (χ0v) is 11.6. The topological polar surface area (TPSA) is 73.5 Å². The van der Waals surface area contributed by atoms with Crippen molar-refractivity contribution in [1.82, 2.24) is 20.9 Å². The third-order valence-corrected chi connectivity index (χ3v) is 3.26. The van der Waals surface area contributed by atoms with Gasteiger partial charge in [-0.3, -0.25) is 9.59 Å².